The van der Waals surface area contributed by atoms with Crippen molar-refractivity contribution in [1.82, 2.24) is 9.97 Å². The number of anilines is 5. The molecule has 2 aromatic carbocycles. The molecule has 0 aliphatic carbocycles. The Morgan fingerprint density at radius 1 is 1.11 bits per heavy atom. The van der Waals surface area contributed by atoms with Gasteiger partial charge in [-0.05, 0) is 37.1 Å². The number of morpholine rings is 1. The van der Waals surface area contributed by atoms with E-state index < -0.39 is 6.04 Å². The number of rotatable bonds is 7. The number of carbonyl (C=O) groups excluding carboxylic acids is 1. The summed E-state index contributed by atoms with van der Waals surface area (Å²) >= 11 is 6.44. The first-order chi connectivity index (χ1) is 18.5. The molecule has 2 N–H and O–H groups in total. The minimum absolute atomic E-state index is 0.0783. The number of nitrogens with one attached hydrogen (secondary N) is 2. The van der Waals surface area contributed by atoms with E-state index in [1.54, 1.807) is 26.2 Å². The van der Waals surface area contributed by atoms with Gasteiger partial charge in [0, 0.05) is 37.5 Å². The van der Waals surface area contributed by atoms with Gasteiger partial charge < -0.3 is 34.6 Å². The van der Waals surface area contributed by atoms with E-state index in [2.05, 4.69) is 25.5 Å². The SMILES string of the molecule is COc1cc(N2CCOCC2)ccc1Nc1nc(NC2CCc3c(OC)cccc3N(C)C2=O)ncc1Cl. The van der Waals surface area contributed by atoms with Crippen LogP contribution in [0.25, 0.3) is 0 Å². The summed E-state index contributed by atoms with van der Waals surface area (Å²) in [6.45, 7) is 3.06. The summed E-state index contributed by atoms with van der Waals surface area (Å²) in [4.78, 5) is 26.1. The Morgan fingerprint density at radius 2 is 1.89 bits per heavy atom. The monoisotopic (exact) mass is 538 g/mol. The van der Waals surface area contributed by atoms with Crippen molar-refractivity contribution in [3.8, 4) is 11.5 Å². The lowest BCUT2D eigenvalue weighted by atomic mass is 10.0. The smallest absolute Gasteiger partial charge is 0.249 e. The molecule has 1 fully saturated rings. The highest BCUT2D eigenvalue weighted by Crippen LogP contribution is 2.35. The second-order valence-corrected chi connectivity index (χ2v) is 9.50. The highest BCUT2D eigenvalue weighted by atomic mass is 35.5. The number of aromatic nitrogens is 2. The van der Waals surface area contributed by atoms with E-state index in [-0.39, 0.29) is 5.91 Å². The van der Waals surface area contributed by atoms with E-state index in [1.807, 2.05) is 36.4 Å². The molecule has 0 saturated carbocycles. The Morgan fingerprint density at radius 3 is 2.66 bits per heavy atom. The normalized spacial score (nSPS) is 17.5. The van der Waals surface area contributed by atoms with Gasteiger partial charge in [0.2, 0.25) is 11.9 Å². The Labute approximate surface area is 226 Å². The molecule has 38 heavy (non-hydrogen) atoms. The molecule has 1 atom stereocenters. The second kappa shape index (κ2) is 11.3. The lowest BCUT2D eigenvalue weighted by molar-refractivity contribution is -0.119. The van der Waals surface area contributed by atoms with Gasteiger partial charge >= 0.3 is 0 Å². The van der Waals surface area contributed by atoms with Crippen molar-refractivity contribution in [1.29, 1.82) is 0 Å². The van der Waals surface area contributed by atoms with Crippen molar-refractivity contribution in [3.05, 3.63) is 53.2 Å². The van der Waals surface area contributed by atoms with Crippen molar-refractivity contribution >= 4 is 46.3 Å². The highest BCUT2D eigenvalue weighted by Gasteiger charge is 2.30. The van der Waals surface area contributed by atoms with Crippen LogP contribution in [0.2, 0.25) is 5.02 Å². The quantitative estimate of drug-likeness (QED) is 0.460. The Bertz CT molecular complexity index is 1320. The minimum atomic E-state index is -0.520. The maximum Gasteiger partial charge on any atom is 0.249 e. The number of hydrogen-bond acceptors (Lipinski definition) is 9. The largest absolute Gasteiger partial charge is 0.496 e. The van der Waals surface area contributed by atoms with E-state index in [0.29, 0.717) is 54.3 Å². The second-order valence-electron chi connectivity index (χ2n) is 9.09. The summed E-state index contributed by atoms with van der Waals surface area (Å²) in [5.74, 6) is 2.05. The number of hydrogen-bond donors (Lipinski definition) is 2. The van der Waals surface area contributed by atoms with E-state index in [4.69, 9.17) is 25.8 Å². The maximum atomic E-state index is 13.3. The molecule has 1 saturated heterocycles. The van der Waals surface area contributed by atoms with Gasteiger partial charge in [-0.1, -0.05) is 17.7 Å². The van der Waals surface area contributed by atoms with E-state index >= 15 is 0 Å². The maximum absolute atomic E-state index is 13.3. The number of amides is 1. The van der Waals surface area contributed by atoms with Crippen LogP contribution in [0.1, 0.15) is 12.0 Å². The summed E-state index contributed by atoms with van der Waals surface area (Å²) in [5.41, 5.74) is 3.61. The van der Waals surface area contributed by atoms with Crippen LogP contribution in [0.5, 0.6) is 11.5 Å². The molecule has 0 radical (unpaired) electrons. The van der Waals surface area contributed by atoms with Gasteiger partial charge in [-0.25, -0.2) is 4.98 Å². The number of likely N-dealkylation sites (N-methyl/N-ethyl adjacent to an activating group) is 1. The van der Waals surface area contributed by atoms with Gasteiger partial charge in [-0.3, -0.25) is 4.79 Å². The van der Waals surface area contributed by atoms with Crippen molar-refractivity contribution in [2.45, 2.75) is 18.9 Å². The third-order valence-corrected chi connectivity index (χ3v) is 7.14. The molecule has 0 spiro atoms. The highest BCUT2D eigenvalue weighted by molar-refractivity contribution is 6.33. The standard InChI is InChI=1S/C27H31ClN6O4/c1-33-22-5-4-6-23(36-2)18(22)8-10-21(26(33)35)31-27-29-16-19(28)25(32-27)30-20-9-7-17(15-24(20)37-3)34-11-13-38-14-12-34/h4-7,9,15-16,21H,8,10-14H2,1-3H3,(H2,29,30,31,32). The molecule has 1 amide bonds. The topological polar surface area (TPSA) is 101 Å². The third-order valence-electron chi connectivity index (χ3n) is 6.86. The fourth-order valence-corrected chi connectivity index (χ4v) is 4.96. The van der Waals surface area contributed by atoms with Gasteiger partial charge in [0.25, 0.3) is 0 Å². The zero-order valence-electron chi connectivity index (χ0n) is 21.7. The summed E-state index contributed by atoms with van der Waals surface area (Å²) in [7, 11) is 5.03. The van der Waals surface area contributed by atoms with Crippen LogP contribution in [-0.2, 0) is 16.0 Å². The first-order valence-corrected chi connectivity index (χ1v) is 12.9. The zero-order chi connectivity index (χ0) is 26.6. The Balaban J connectivity index is 1.34. The Hall–Kier alpha value is -3.76. The van der Waals surface area contributed by atoms with E-state index in [9.17, 15) is 4.79 Å². The van der Waals surface area contributed by atoms with Gasteiger partial charge in [-0.2, -0.15) is 4.98 Å². The predicted octanol–water partition coefficient (Wildman–Crippen LogP) is 4.12. The van der Waals surface area contributed by atoms with Crippen LogP contribution < -0.4 is 29.9 Å². The molecule has 5 rings (SSSR count). The molecular formula is C27H31ClN6O4. The number of nitrogens with zero attached hydrogens (tertiary/aromatic N) is 4. The Kier molecular flexibility index (Phi) is 7.71. The molecule has 11 heteroatoms. The van der Waals surface area contributed by atoms with Crippen LogP contribution in [0.3, 0.4) is 0 Å². The van der Waals surface area contributed by atoms with Gasteiger partial charge in [0.1, 0.15) is 22.6 Å². The van der Waals surface area contributed by atoms with Crippen LogP contribution in [0.4, 0.5) is 28.8 Å². The number of benzene rings is 2. The molecule has 2 aliphatic rings. The predicted molar refractivity (Wildman–Crippen MR) is 148 cm³/mol. The van der Waals surface area contributed by atoms with Crippen molar-refractivity contribution < 1.29 is 19.0 Å². The summed E-state index contributed by atoms with van der Waals surface area (Å²) < 4.78 is 16.6. The van der Waals surface area contributed by atoms with Crippen molar-refractivity contribution in [3.63, 3.8) is 0 Å². The summed E-state index contributed by atoms with van der Waals surface area (Å²) in [6.07, 6.45) is 2.73. The average molecular weight is 539 g/mol. The van der Waals surface area contributed by atoms with E-state index in [0.717, 1.165) is 35.8 Å². The first-order valence-electron chi connectivity index (χ1n) is 12.5. The van der Waals surface area contributed by atoms with Crippen LogP contribution in [0, 0.1) is 0 Å². The lowest BCUT2D eigenvalue weighted by Gasteiger charge is -2.29. The van der Waals surface area contributed by atoms with Crippen molar-refractivity contribution in [2.75, 3.05) is 68.0 Å². The molecule has 2 aliphatic heterocycles. The molecule has 3 heterocycles. The number of halogens is 1. The van der Waals surface area contributed by atoms with Crippen molar-refractivity contribution in [2.24, 2.45) is 0 Å². The van der Waals surface area contributed by atoms with E-state index in [1.165, 1.54) is 6.20 Å². The third kappa shape index (κ3) is 5.27. The number of fused-ring (bicyclic) bond motifs is 1. The zero-order valence-corrected chi connectivity index (χ0v) is 22.4. The molecule has 3 aromatic rings. The molecular weight excluding hydrogens is 508 g/mol. The molecule has 200 valence electrons. The number of carbonyl (C=O) groups is 1. The van der Waals surface area contributed by atoms with Crippen LogP contribution in [0.15, 0.2) is 42.6 Å². The van der Waals surface area contributed by atoms with Gasteiger partial charge in [0.15, 0.2) is 5.82 Å². The van der Waals surface area contributed by atoms with Gasteiger partial charge in [-0.15, -0.1) is 0 Å². The molecule has 0 bridgehead atoms. The van der Waals surface area contributed by atoms with Gasteiger partial charge in [0.05, 0.1) is 45.0 Å². The lowest BCUT2D eigenvalue weighted by Crippen LogP contribution is -2.40. The molecule has 1 aromatic heterocycles. The fourth-order valence-electron chi connectivity index (χ4n) is 4.82. The summed E-state index contributed by atoms with van der Waals surface area (Å²) in [6, 6.07) is 11.1. The molecule has 1 unspecified atom stereocenters. The number of ether oxygens (including phenoxy) is 3. The van der Waals surface area contributed by atoms with Crippen LogP contribution in [-0.4, -0.2) is 69.5 Å². The fraction of sp³-hybridized carbons (Fsp3) is 0.370. The molecule has 10 nitrogen and oxygen atoms in total. The summed E-state index contributed by atoms with van der Waals surface area (Å²) in [5, 5.41) is 6.81. The number of methoxy groups -OCH3 is 2. The minimum Gasteiger partial charge on any atom is -0.496 e. The van der Waals surface area contributed by atoms with Crippen LogP contribution >= 0.6 is 11.6 Å². The first kappa shape index (κ1) is 25.9. The average Bonchev–Trinajstić information content (AvgIpc) is 3.07.